The lowest BCUT2D eigenvalue weighted by Crippen LogP contribution is -2.50. The molecule has 2 aliphatic rings. The van der Waals surface area contributed by atoms with Crippen LogP contribution in [0.5, 0.6) is 0 Å². The number of halogens is 2. The molecule has 0 unspecified atom stereocenters. The minimum absolute atomic E-state index is 0.00789. The molecule has 2 aliphatic heterocycles. The highest BCUT2D eigenvalue weighted by Crippen LogP contribution is 2.27. The fraction of sp³-hybridized carbons (Fsp3) is 0.611. The number of benzene rings is 1. The normalized spacial score (nSPS) is 28.3. The number of nitrogens with zero attached hydrogens (tertiary/aromatic N) is 2. The molecule has 1 aromatic carbocycles. The Balaban J connectivity index is 1.69. The maximum atomic E-state index is 12.9. The number of amides is 1. The number of hydrogen-bond acceptors (Lipinski definition) is 3. The zero-order valence-electron chi connectivity index (χ0n) is 14.2. The van der Waals surface area contributed by atoms with Crippen LogP contribution in [-0.4, -0.2) is 60.1 Å². The Labute approximate surface area is 153 Å². The summed E-state index contributed by atoms with van der Waals surface area (Å²) in [4.78, 5) is 17.3. The number of carbonyl (C=O) groups excluding carboxylic acids is 1. The van der Waals surface area contributed by atoms with E-state index in [1.54, 1.807) is 18.2 Å². The second kappa shape index (κ2) is 7.61. The van der Waals surface area contributed by atoms with Crippen LogP contribution in [-0.2, 0) is 4.74 Å². The highest BCUT2D eigenvalue weighted by Gasteiger charge is 2.33. The molecule has 0 bridgehead atoms. The largest absolute Gasteiger partial charge is 0.373 e. The van der Waals surface area contributed by atoms with E-state index < -0.39 is 0 Å². The van der Waals surface area contributed by atoms with E-state index in [0.717, 1.165) is 39.0 Å². The van der Waals surface area contributed by atoms with Gasteiger partial charge in [-0.15, -0.1) is 0 Å². The number of likely N-dealkylation sites (tertiary alicyclic amines) is 1. The van der Waals surface area contributed by atoms with Crippen molar-refractivity contribution in [2.45, 2.75) is 44.9 Å². The van der Waals surface area contributed by atoms with Gasteiger partial charge in [0, 0.05) is 37.2 Å². The molecule has 0 spiro atoms. The van der Waals surface area contributed by atoms with Gasteiger partial charge in [0.2, 0.25) is 0 Å². The Morgan fingerprint density at radius 2 is 1.96 bits per heavy atom. The summed E-state index contributed by atoms with van der Waals surface area (Å²) in [7, 11) is 0. The third-order valence-corrected chi connectivity index (χ3v) is 5.31. The van der Waals surface area contributed by atoms with Crippen molar-refractivity contribution in [3.8, 4) is 0 Å². The summed E-state index contributed by atoms with van der Waals surface area (Å²) in [6, 6.07) is 5.31. The Kier molecular flexibility index (Phi) is 5.70. The quantitative estimate of drug-likeness (QED) is 0.812. The smallest absolute Gasteiger partial charge is 0.255 e. The van der Waals surface area contributed by atoms with Crippen LogP contribution in [0.15, 0.2) is 18.2 Å². The number of morpholine rings is 1. The first-order valence-electron chi connectivity index (χ1n) is 8.58. The fourth-order valence-corrected chi connectivity index (χ4v) is 4.33. The zero-order chi connectivity index (χ0) is 17.3. The number of rotatable bonds is 3. The number of hydrogen-bond donors (Lipinski definition) is 0. The summed E-state index contributed by atoms with van der Waals surface area (Å²) in [6.45, 7) is 7.74. The molecule has 2 heterocycles. The van der Waals surface area contributed by atoms with E-state index in [1.807, 2.05) is 4.90 Å². The summed E-state index contributed by atoms with van der Waals surface area (Å²) in [6.07, 6.45) is 2.56. The Bertz CT molecular complexity index is 601. The van der Waals surface area contributed by atoms with Gasteiger partial charge >= 0.3 is 0 Å². The van der Waals surface area contributed by atoms with Gasteiger partial charge in [0.25, 0.3) is 5.91 Å². The van der Waals surface area contributed by atoms with Gasteiger partial charge in [0.1, 0.15) is 0 Å². The van der Waals surface area contributed by atoms with Crippen LogP contribution in [0.3, 0.4) is 0 Å². The molecule has 0 saturated carbocycles. The van der Waals surface area contributed by atoms with E-state index in [4.69, 9.17) is 27.9 Å². The maximum absolute atomic E-state index is 12.9. The molecule has 1 aromatic rings. The summed E-state index contributed by atoms with van der Waals surface area (Å²) in [5.41, 5.74) is 0.539. The molecular weight excluding hydrogens is 347 g/mol. The van der Waals surface area contributed by atoms with Gasteiger partial charge in [0.15, 0.2) is 0 Å². The van der Waals surface area contributed by atoms with E-state index in [0.29, 0.717) is 15.6 Å². The topological polar surface area (TPSA) is 32.8 Å². The monoisotopic (exact) mass is 370 g/mol. The van der Waals surface area contributed by atoms with Crippen LogP contribution in [0.2, 0.25) is 10.0 Å². The van der Waals surface area contributed by atoms with E-state index in [9.17, 15) is 4.79 Å². The van der Waals surface area contributed by atoms with Crippen molar-refractivity contribution in [2.24, 2.45) is 0 Å². The van der Waals surface area contributed by atoms with Gasteiger partial charge in [-0.3, -0.25) is 9.69 Å². The summed E-state index contributed by atoms with van der Waals surface area (Å²) in [5, 5.41) is 0.970. The van der Waals surface area contributed by atoms with Crippen LogP contribution in [0.25, 0.3) is 0 Å². The van der Waals surface area contributed by atoms with Gasteiger partial charge in [-0.2, -0.15) is 0 Å². The third-order valence-electron chi connectivity index (χ3n) is 4.76. The molecule has 0 aromatic heterocycles. The molecule has 3 rings (SSSR count). The first kappa shape index (κ1) is 18.0. The summed E-state index contributed by atoms with van der Waals surface area (Å²) in [5.74, 6) is 0.00789. The molecule has 0 N–H and O–H groups in total. The van der Waals surface area contributed by atoms with Crippen molar-refractivity contribution in [1.29, 1.82) is 0 Å². The minimum Gasteiger partial charge on any atom is -0.373 e. The fourth-order valence-electron chi connectivity index (χ4n) is 3.84. The molecule has 2 fully saturated rings. The van der Waals surface area contributed by atoms with Gasteiger partial charge in [-0.1, -0.05) is 23.2 Å². The van der Waals surface area contributed by atoms with Crippen LogP contribution in [0.1, 0.15) is 37.0 Å². The van der Waals surface area contributed by atoms with Crippen LogP contribution < -0.4 is 0 Å². The minimum atomic E-state index is 0.00789. The van der Waals surface area contributed by atoms with E-state index >= 15 is 0 Å². The van der Waals surface area contributed by atoms with Crippen molar-refractivity contribution in [3.63, 3.8) is 0 Å². The molecule has 0 aliphatic carbocycles. The highest BCUT2D eigenvalue weighted by atomic mass is 35.5. The zero-order valence-corrected chi connectivity index (χ0v) is 15.7. The standard InChI is InChI=1S/C18H24Cl2N2O2/c1-12-9-21(10-13(2)24-12)11-15-4-3-7-22(15)18(23)16-6-5-14(19)8-17(16)20/h5-6,8,12-13,15H,3-4,7,9-11H2,1-2H3/t12-,13+,15-/m1/s1. The van der Waals surface area contributed by atoms with Crippen molar-refractivity contribution in [2.75, 3.05) is 26.2 Å². The van der Waals surface area contributed by atoms with Gasteiger partial charge in [-0.25, -0.2) is 0 Å². The van der Waals surface area contributed by atoms with Crippen LogP contribution >= 0.6 is 23.2 Å². The summed E-state index contributed by atoms with van der Waals surface area (Å²) >= 11 is 12.2. The predicted octanol–water partition coefficient (Wildman–Crippen LogP) is 3.71. The van der Waals surface area contributed by atoms with Gasteiger partial charge in [0.05, 0.1) is 22.8 Å². The lowest BCUT2D eigenvalue weighted by molar-refractivity contribution is -0.0715. The van der Waals surface area contributed by atoms with E-state index in [-0.39, 0.29) is 24.2 Å². The first-order valence-corrected chi connectivity index (χ1v) is 9.33. The molecular formula is C18H24Cl2N2O2. The highest BCUT2D eigenvalue weighted by molar-refractivity contribution is 6.36. The van der Waals surface area contributed by atoms with Crippen LogP contribution in [0, 0.1) is 0 Å². The molecule has 0 radical (unpaired) electrons. The molecule has 1 amide bonds. The molecule has 4 nitrogen and oxygen atoms in total. The van der Waals surface area contributed by atoms with Gasteiger partial charge < -0.3 is 9.64 Å². The van der Waals surface area contributed by atoms with E-state index in [2.05, 4.69) is 18.7 Å². The second-order valence-corrected chi connectivity index (χ2v) is 7.74. The van der Waals surface area contributed by atoms with E-state index in [1.165, 1.54) is 0 Å². The van der Waals surface area contributed by atoms with Crippen molar-refractivity contribution < 1.29 is 9.53 Å². The molecule has 3 atom stereocenters. The van der Waals surface area contributed by atoms with Crippen LogP contribution in [0.4, 0.5) is 0 Å². The first-order chi connectivity index (χ1) is 11.4. The molecule has 2 saturated heterocycles. The Morgan fingerprint density at radius 1 is 1.25 bits per heavy atom. The van der Waals surface area contributed by atoms with Crippen molar-refractivity contribution >= 4 is 29.1 Å². The maximum Gasteiger partial charge on any atom is 0.255 e. The Hall–Kier alpha value is -0.810. The Morgan fingerprint density at radius 3 is 2.62 bits per heavy atom. The SMILES string of the molecule is C[C@@H]1CN(C[C@H]2CCCN2C(=O)c2ccc(Cl)cc2Cl)C[C@H](C)O1. The van der Waals surface area contributed by atoms with Crippen molar-refractivity contribution in [1.82, 2.24) is 9.80 Å². The molecule has 132 valence electrons. The number of ether oxygens (including phenoxy) is 1. The number of carbonyl (C=O) groups is 1. The lowest BCUT2D eigenvalue weighted by Gasteiger charge is -2.38. The predicted molar refractivity (Wildman–Crippen MR) is 97.0 cm³/mol. The van der Waals surface area contributed by atoms with Gasteiger partial charge in [-0.05, 0) is 44.9 Å². The molecule has 24 heavy (non-hydrogen) atoms. The lowest BCUT2D eigenvalue weighted by atomic mass is 10.1. The second-order valence-electron chi connectivity index (χ2n) is 6.89. The average Bonchev–Trinajstić information content (AvgIpc) is 2.93. The molecule has 6 heteroatoms. The summed E-state index contributed by atoms with van der Waals surface area (Å²) < 4.78 is 5.80. The average molecular weight is 371 g/mol. The third kappa shape index (κ3) is 4.05. The van der Waals surface area contributed by atoms with Crippen molar-refractivity contribution in [3.05, 3.63) is 33.8 Å².